The molecule has 0 unspecified atom stereocenters. The maximum Gasteiger partial charge on any atom is 0.412 e. The summed E-state index contributed by atoms with van der Waals surface area (Å²) in [7, 11) is 0. The number of nitrogens with one attached hydrogen (secondary N) is 1. The summed E-state index contributed by atoms with van der Waals surface area (Å²) in [5.74, 6) is 0.144. The lowest BCUT2D eigenvalue weighted by atomic mass is 9.73. The van der Waals surface area contributed by atoms with Crippen LogP contribution in [0.2, 0.25) is 0 Å². The number of carbonyl (C=O) groups is 2. The predicted molar refractivity (Wildman–Crippen MR) is 224 cm³/mol. The average molecular weight is 759 g/mol. The Hall–Kier alpha value is -4.66. The van der Waals surface area contributed by atoms with Crippen LogP contribution in [0.15, 0.2) is 121 Å². The lowest BCUT2D eigenvalue weighted by Gasteiger charge is -2.59. The SMILES string of the molecule is C[C@@H]1C[C@H](N(Cc2ccccc2)Cc2ccccc2)CC[C@H]1N(C(=O)OC(C)(C)C)[C@@]1(N(Cc2ccccc2)Cc2ccccc2)CC[C@H](NC(=O)O)[C@@H](C)C1. The molecule has 0 radical (unpaired) electrons. The van der Waals surface area contributed by atoms with Gasteiger partial charge in [-0.1, -0.05) is 135 Å². The number of benzene rings is 4. The van der Waals surface area contributed by atoms with E-state index in [0.717, 1.165) is 32.4 Å². The molecule has 0 bridgehead atoms. The van der Waals surface area contributed by atoms with Crippen LogP contribution in [0.1, 0.15) is 95.4 Å². The van der Waals surface area contributed by atoms with Crippen LogP contribution in [0.4, 0.5) is 9.59 Å². The third-order valence-electron chi connectivity index (χ3n) is 12.0. The smallest absolute Gasteiger partial charge is 0.412 e. The van der Waals surface area contributed by atoms with E-state index in [-0.39, 0.29) is 30.0 Å². The fourth-order valence-electron chi connectivity index (χ4n) is 9.36. The number of hydrogen-bond donors (Lipinski definition) is 2. The monoisotopic (exact) mass is 758 g/mol. The Labute approximate surface area is 334 Å². The average Bonchev–Trinajstić information content (AvgIpc) is 3.17. The summed E-state index contributed by atoms with van der Waals surface area (Å²) in [6.45, 7) is 13.3. The van der Waals surface area contributed by atoms with Gasteiger partial charge in [0.2, 0.25) is 0 Å². The van der Waals surface area contributed by atoms with Crippen LogP contribution in [0, 0.1) is 11.8 Å². The van der Waals surface area contributed by atoms with Crippen LogP contribution in [-0.2, 0) is 30.9 Å². The van der Waals surface area contributed by atoms with E-state index in [9.17, 15) is 9.90 Å². The van der Waals surface area contributed by atoms with Gasteiger partial charge < -0.3 is 15.2 Å². The number of rotatable bonds is 13. The van der Waals surface area contributed by atoms with Gasteiger partial charge in [-0.05, 0) is 93.4 Å². The second-order valence-corrected chi connectivity index (χ2v) is 17.3. The first-order valence-electron chi connectivity index (χ1n) is 20.6. The summed E-state index contributed by atoms with van der Waals surface area (Å²) < 4.78 is 6.43. The minimum absolute atomic E-state index is 0.0299. The van der Waals surface area contributed by atoms with Gasteiger partial charge in [0.1, 0.15) is 11.3 Å². The van der Waals surface area contributed by atoms with Gasteiger partial charge in [0.05, 0.1) is 0 Å². The zero-order valence-corrected chi connectivity index (χ0v) is 34.0. The van der Waals surface area contributed by atoms with Gasteiger partial charge in [-0.25, -0.2) is 9.59 Å². The molecule has 0 spiro atoms. The summed E-state index contributed by atoms with van der Waals surface area (Å²) in [6.07, 6.45) is 3.25. The van der Waals surface area contributed by atoms with Crippen molar-refractivity contribution in [2.75, 3.05) is 0 Å². The van der Waals surface area contributed by atoms with Crippen molar-refractivity contribution in [3.05, 3.63) is 144 Å². The van der Waals surface area contributed by atoms with Gasteiger partial charge in [0.15, 0.2) is 0 Å². The molecule has 0 aromatic heterocycles. The Balaban J connectivity index is 1.40. The molecule has 298 valence electrons. The minimum atomic E-state index is -1.01. The molecule has 2 N–H and O–H groups in total. The van der Waals surface area contributed by atoms with Crippen molar-refractivity contribution in [3.63, 3.8) is 0 Å². The molecule has 56 heavy (non-hydrogen) atoms. The van der Waals surface area contributed by atoms with E-state index in [0.29, 0.717) is 38.4 Å². The molecule has 0 heterocycles. The normalized spacial score (nSPS) is 24.1. The molecule has 4 aromatic rings. The lowest BCUT2D eigenvalue weighted by molar-refractivity contribution is -0.137. The van der Waals surface area contributed by atoms with Crippen molar-refractivity contribution in [2.24, 2.45) is 11.8 Å². The Morgan fingerprint density at radius 3 is 1.57 bits per heavy atom. The molecule has 2 amide bonds. The van der Waals surface area contributed by atoms with Gasteiger partial charge in [-0.15, -0.1) is 0 Å². The van der Waals surface area contributed by atoms with Gasteiger partial charge >= 0.3 is 12.2 Å². The van der Waals surface area contributed by atoms with E-state index in [1.54, 1.807) is 0 Å². The fourth-order valence-corrected chi connectivity index (χ4v) is 9.36. The van der Waals surface area contributed by atoms with Crippen molar-refractivity contribution in [3.8, 4) is 0 Å². The molecule has 4 aromatic carbocycles. The van der Waals surface area contributed by atoms with E-state index in [4.69, 9.17) is 4.74 Å². The Kier molecular flexibility index (Phi) is 13.6. The first kappa shape index (κ1) is 41.0. The predicted octanol–water partition coefficient (Wildman–Crippen LogP) is 10.3. The van der Waals surface area contributed by atoms with Crippen molar-refractivity contribution in [1.29, 1.82) is 0 Å². The lowest BCUT2D eigenvalue weighted by Crippen LogP contribution is -2.69. The van der Waals surface area contributed by atoms with Crippen molar-refractivity contribution in [2.45, 2.75) is 129 Å². The van der Waals surface area contributed by atoms with Gasteiger partial charge in [0.25, 0.3) is 0 Å². The molecule has 6 rings (SSSR count). The summed E-state index contributed by atoms with van der Waals surface area (Å²) in [5.41, 5.74) is 3.48. The number of hydrogen-bond acceptors (Lipinski definition) is 5. The minimum Gasteiger partial charge on any atom is -0.465 e. The third kappa shape index (κ3) is 10.6. The Bertz CT molecular complexity index is 1740. The molecule has 8 nitrogen and oxygen atoms in total. The summed E-state index contributed by atoms with van der Waals surface area (Å²) in [6, 6.07) is 42.5. The quantitative estimate of drug-likeness (QED) is 0.132. The molecular weight excluding hydrogens is 697 g/mol. The van der Waals surface area contributed by atoms with Crippen LogP contribution < -0.4 is 5.32 Å². The number of carboxylic acid groups (broad SMARTS) is 1. The zero-order valence-electron chi connectivity index (χ0n) is 34.0. The van der Waals surface area contributed by atoms with E-state index >= 15 is 4.79 Å². The molecule has 0 saturated heterocycles. The maximum absolute atomic E-state index is 15.1. The van der Waals surface area contributed by atoms with Crippen LogP contribution >= 0.6 is 0 Å². The highest BCUT2D eigenvalue weighted by molar-refractivity contribution is 5.70. The van der Waals surface area contributed by atoms with Crippen LogP contribution in [0.5, 0.6) is 0 Å². The van der Waals surface area contributed by atoms with Crippen LogP contribution in [0.3, 0.4) is 0 Å². The molecule has 8 heteroatoms. The van der Waals surface area contributed by atoms with E-state index in [1.807, 2.05) is 32.9 Å². The molecule has 6 atom stereocenters. The first-order chi connectivity index (χ1) is 26.9. The second-order valence-electron chi connectivity index (χ2n) is 17.3. The molecule has 2 fully saturated rings. The molecule has 2 saturated carbocycles. The Morgan fingerprint density at radius 1 is 0.696 bits per heavy atom. The van der Waals surface area contributed by atoms with E-state index in [1.165, 1.54) is 22.3 Å². The maximum atomic E-state index is 15.1. The zero-order chi connectivity index (χ0) is 39.7. The van der Waals surface area contributed by atoms with Crippen LogP contribution in [-0.4, -0.2) is 61.4 Å². The molecule has 2 aliphatic carbocycles. The second kappa shape index (κ2) is 18.5. The fraction of sp³-hybridized carbons (Fsp3) is 0.458. The van der Waals surface area contributed by atoms with Gasteiger partial charge in [-0.2, -0.15) is 0 Å². The van der Waals surface area contributed by atoms with Gasteiger partial charge in [0, 0.05) is 44.3 Å². The first-order valence-corrected chi connectivity index (χ1v) is 20.6. The topological polar surface area (TPSA) is 85.4 Å². The highest BCUT2D eigenvalue weighted by Gasteiger charge is 2.54. The summed E-state index contributed by atoms with van der Waals surface area (Å²) in [4.78, 5) is 34.4. The highest BCUT2D eigenvalue weighted by Crippen LogP contribution is 2.46. The largest absolute Gasteiger partial charge is 0.465 e. The standard InChI is InChI=1S/C48H62N4O4/c1-36-30-42(50(32-38-18-10-6-11-19-38)33-39-20-12-7-13-21-39)26-27-44(36)52(46(55)56-47(3,4)5)48(29-28-43(37(2)31-48)49-45(53)54)51(34-40-22-14-8-15-23-40)35-41-24-16-9-17-25-41/h6-25,36-37,42-44,49H,26-35H2,1-5H3,(H,53,54)/t36-,37+,42-,43+,44-,48+/m1/s1. The van der Waals surface area contributed by atoms with E-state index < -0.39 is 17.4 Å². The number of carbonyl (C=O) groups excluding carboxylic acids is 1. The number of nitrogens with zero attached hydrogens (tertiary/aromatic N) is 3. The molecular formula is C48H62N4O4. The van der Waals surface area contributed by atoms with Crippen molar-refractivity contribution >= 4 is 12.2 Å². The molecule has 0 aliphatic heterocycles. The van der Waals surface area contributed by atoms with Crippen molar-refractivity contribution in [1.82, 2.24) is 20.0 Å². The highest BCUT2D eigenvalue weighted by atomic mass is 16.6. The molecule has 2 aliphatic rings. The van der Waals surface area contributed by atoms with Crippen molar-refractivity contribution < 1.29 is 19.4 Å². The third-order valence-corrected chi connectivity index (χ3v) is 12.0. The van der Waals surface area contributed by atoms with Crippen LogP contribution in [0.25, 0.3) is 0 Å². The summed E-state index contributed by atoms with van der Waals surface area (Å²) in [5, 5.41) is 12.6. The Morgan fingerprint density at radius 2 is 1.16 bits per heavy atom. The number of ether oxygens (including phenoxy) is 1. The van der Waals surface area contributed by atoms with Gasteiger partial charge in [-0.3, -0.25) is 14.7 Å². The number of amides is 2. The summed E-state index contributed by atoms with van der Waals surface area (Å²) >= 11 is 0. The van der Waals surface area contributed by atoms with E-state index in [2.05, 4.69) is 143 Å².